The van der Waals surface area contributed by atoms with Gasteiger partial charge in [0.1, 0.15) is 28.3 Å². The van der Waals surface area contributed by atoms with Crippen LogP contribution < -0.4 is 20.1 Å². The molecule has 32 heavy (non-hydrogen) atoms. The number of thiocarbonyl (C=S) groups is 1. The Morgan fingerprint density at radius 1 is 1.03 bits per heavy atom. The smallest absolute Gasteiger partial charge is 0.264 e. The normalized spacial score (nSPS) is 10.6. The number of hydrogen-bond donors (Lipinski definition) is 3. The standard InChI is InChI=1S/C23H19N3O5S/c1-29-18-8-5-9-19(30-2)20(18)21(28)26-23(32)24-13-10-11-14(16(27)12-13)22-25-15-6-3-4-7-17(15)31-22/h3-12,27H,1-2H3,(H2,24,26,28,32). The first-order valence-electron chi connectivity index (χ1n) is 9.52. The molecule has 9 heteroatoms. The van der Waals surface area contributed by atoms with Gasteiger partial charge in [0.15, 0.2) is 10.7 Å². The van der Waals surface area contributed by atoms with Crippen LogP contribution >= 0.6 is 12.2 Å². The molecule has 0 atom stereocenters. The highest BCUT2D eigenvalue weighted by Gasteiger charge is 2.19. The van der Waals surface area contributed by atoms with Gasteiger partial charge in [0.25, 0.3) is 5.91 Å². The van der Waals surface area contributed by atoms with E-state index in [4.69, 9.17) is 26.1 Å². The van der Waals surface area contributed by atoms with Gasteiger partial charge in [-0.2, -0.15) is 0 Å². The quantitative estimate of drug-likeness (QED) is 0.386. The summed E-state index contributed by atoms with van der Waals surface area (Å²) in [5.74, 6) is 0.454. The fraction of sp³-hybridized carbons (Fsp3) is 0.0870. The number of aromatic hydroxyl groups is 1. The molecule has 1 heterocycles. The molecule has 0 fully saturated rings. The van der Waals surface area contributed by atoms with E-state index >= 15 is 0 Å². The van der Waals surface area contributed by atoms with E-state index < -0.39 is 5.91 Å². The molecule has 162 valence electrons. The fourth-order valence-corrected chi connectivity index (χ4v) is 3.39. The Kier molecular flexibility index (Phi) is 5.91. The molecule has 3 aromatic carbocycles. The zero-order valence-corrected chi connectivity index (χ0v) is 18.0. The summed E-state index contributed by atoms with van der Waals surface area (Å²) in [5.41, 5.74) is 2.44. The monoisotopic (exact) mass is 449 g/mol. The van der Waals surface area contributed by atoms with Crippen molar-refractivity contribution in [1.82, 2.24) is 10.3 Å². The van der Waals surface area contributed by atoms with Gasteiger partial charge in [-0.1, -0.05) is 18.2 Å². The lowest BCUT2D eigenvalue weighted by Gasteiger charge is -2.14. The number of amides is 1. The van der Waals surface area contributed by atoms with Crippen molar-refractivity contribution < 1.29 is 23.8 Å². The maximum absolute atomic E-state index is 12.7. The van der Waals surface area contributed by atoms with Crippen LogP contribution in [0.15, 0.2) is 65.1 Å². The Morgan fingerprint density at radius 2 is 1.75 bits per heavy atom. The number of nitrogens with one attached hydrogen (secondary N) is 2. The molecular weight excluding hydrogens is 430 g/mol. The van der Waals surface area contributed by atoms with Gasteiger partial charge in [0, 0.05) is 11.8 Å². The molecule has 1 aromatic heterocycles. The van der Waals surface area contributed by atoms with Crippen molar-refractivity contribution >= 4 is 40.0 Å². The number of benzene rings is 3. The maximum Gasteiger partial charge on any atom is 0.264 e. The topological polar surface area (TPSA) is 106 Å². The second-order valence-electron chi connectivity index (χ2n) is 6.66. The van der Waals surface area contributed by atoms with Crippen LogP contribution in [0.4, 0.5) is 5.69 Å². The minimum absolute atomic E-state index is 0.0389. The second-order valence-corrected chi connectivity index (χ2v) is 7.07. The molecule has 0 aliphatic rings. The van der Waals surface area contributed by atoms with E-state index in [0.29, 0.717) is 39.7 Å². The van der Waals surface area contributed by atoms with Crippen LogP contribution in [-0.2, 0) is 0 Å². The zero-order valence-electron chi connectivity index (χ0n) is 17.2. The first-order valence-corrected chi connectivity index (χ1v) is 9.93. The van der Waals surface area contributed by atoms with E-state index in [1.165, 1.54) is 20.3 Å². The third-order valence-electron chi connectivity index (χ3n) is 4.66. The third kappa shape index (κ3) is 4.19. The molecule has 8 nitrogen and oxygen atoms in total. The number of carbonyl (C=O) groups is 1. The van der Waals surface area contributed by atoms with Gasteiger partial charge in [-0.3, -0.25) is 10.1 Å². The van der Waals surface area contributed by atoms with Crippen LogP contribution in [-0.4, -0.2) is 35.3 Å². The highest BCUT2D eigenvalue weighted by Crippen LogP contribution is 2.33. The van der Waals surface area contributed by atoms with Crippen molar-refractivity contribution in [3.63, 3.8) is 0 Å². The minimum atomic E-state index is -0.496. The zero-order chi connectivity index (χ0) is 22.7. The molecule has 0 spiro atoms. The Labute approximate surface area is 188 Å². The molecule has 0 aliphatic carbocycles. The SMILES string of the molecule is COc1cccc(OC)c1C(=O)NC(=S)Nc1ccc(-c2nc3ccccc3o2)c(O)c1. The van der Waals surface area contributed by atoms with Crippen molar-refractivity contribution in [2.45, 2.75) is 0 Å². The number of phenolic OH excluding ortho intramolecular Hbond substituents is 1. The molecule has 0 aliphatic heterocycles. The van der Waals surface area contributed by atoms with Crippen molar-refractivity contribution in [3.05, 3.63) is 66.2 Å². The molecular formula is C23H19N3O5S. The number of methoxy groups -OCH3 is 2. The van der Waals surface area contributed by atoms with Crippen LogP contribution in [0.25, 0.3) is 22.6 Å². The molecule has 0 saturated carbocycles. The minimum Gasteiger partial charge on any atom is -0.507 e. The fourth-order valence-electron chi connectivity index (χ4n) is 3.18. The summed E-state index contributed by atoms with van der Waals surface area (Å²) in [7, 11) is 2.92. The number of para-hydroxylation sites is 2. The van der Waals surface area contributed by atoms with Crippen molar-refractivity contribution in [2.75, 3.05) is 19.5 Å². The summed E-state index contributed by atoms with van der Waals surface area (Å²) < 4.78 is 16.2. The predicted molar refractivity (Wildman–Crippen MR) is 124 cm³/mol. The van der Waals surface area contributed by atoms with E-state index in [9.17, 15) is 9.90 Å². The van der Waals surface area contributed by atoms with E-state index in [1.807, 2.05) is 18.2 Å². The number of ether oxygens (including phenoxy) is 2. The van der Waals surface area contributed by atoms with Gasteiger partial charge in [0.2, 0.25) is 5.89 Å². The number of carbonyl (C=O) groups excluding carboxylic acids is 1. The molecule has 0 bridgehead atoms. The highest BCUT2D eigenvalue weighted by atomic mass is 32.1. The number of rotatable bonds is 5. The first-order chi connectivity index (χ1) is 15.5. The van der Waals surface area contributed by atoms with Crippen molar-refractivity contribution in [2.24, 2.45) is 0 Å². The second kappa shape index (κ2) is 8.94. The lowest BCUT2D eigenvalue weighted by atomic mass is 10.1. The number of fused-ring (bicyclic) bond motifs is 1. The number of phenols is 1. The van der Waals surface area contributed by atoms with Crippen LogP contribution in [0.3, 0.4) is 0 Å². The van der Waals surface area contributed by atoms with Gasteiger partial charge < -0.3 is 24.3 Å². The average Bonchev–Trinajstić information content (AvgIpc) is 3.22. The maximum atomic E-state index is 12.7. The van der Waals surface area contributed by atoms with E-state index in [0.717, 1.165) is 0 Å². The van der Waals surface area contributed by atoms with Gasteiger partial charge in [-0.25, -0.2) is 4.98 Å². The van der Waals surface area contributed by atoms with E-state index in [2.05, 4.69) is 15.6 Å². The third-order valence-corrected chi connectivity index (χ3v) is 4.87. The summed E-state index contributed by atoms with van der Waals surface area (Å²) in [6.45, 7) is 0. The summed E-state index contributed by atoms with van der Waals surface area (Å²) in [4.78, 5) is 17.1. The first kappa shape index (κ1) is 21.1. The van der Waals surface area contributed by atoms with Crippen LogP contribution in [0.5, 0.6) is 17.2 Å². The predicted octanol–water partition coefficient (Wildman–Crippen LogP) is 4.34. The Balaban J connectivity index is 1.49. The highest BCUT2D eigenvalue weighted by molar-refractivity contribution is 7.80. The molecule has 4 aromatic rings. The lowest BCUT2D eigenvalue weighted by Crippen LogP contribution is -2.34. The Hall–Kier alpha value is -4.11. The summed E-state index contributed by atoms with van der Waals surface area (Å²) >= 11 is 5.25. The van der Waals surface area contributed by atoms with Crippen LogP contribution in [0.2, 0.25) is 0 Å². The van der Waals surface area contributed by atoms with Gasteiger partial charge in [-0.15, -0.1) is 0 Å². The number of nitrogens with zero attached hydrogens (tertiary/aromatic N) is 1. The van der Waals surface area contributed by atoms with E-state index in [-0.39, 0.29) is 16.4 Å². The van der Waals surface area contributed by atoms with Gasteiger partial charge in [0.05, 0.1) is 19.8 Å². The number of hydrogen-bond acceptors (Lipinski definition) is 7. The lowest BCUT2D eigenvalue weighted by molar-refractivity contribution is 0.0971. The van der Waals surface area contributed by atoms with Gasteiger partial charge >= 0.3 is 0 Å². The van der Waals surface area contributed by atoms with Gasteiger partial charge in [-0.05, 0) is 48.6 Å². The van der Waals surface area contributed by atoms with Crippen molar-refractivity contribution in [3.8, 4) is 28.7 Å². The average molecular weight is 449 g/mol. The van der Waals surface area contributed by atoms with Crippen LogP contribution in [0, 0.1) is 0 Å². The number of oxazole rings is 1. The Bertz CT molecular complexity index is 1260. The largest absolute Gasteiger partial charge is 0.507 e. The molecule has 3 N–H and O–H groups in total. The number of aromatic nitrogens is 1. The molecule has 0 saturated heterocycles. The summed E-state index contributed by atoms with van der Waals surface area (Å²) in [6.07, 6.45) is 0. The molecule has 0 unspecified atom stereocenters. The summed E-state index contributed by atoms with van der Waals surface area (Å²) in [6, 6.07) is 17.1. The molecule has 4 rings (SSSR count). The van der Waals surface area contributed by atoms with Crippen molar-refractivity contribution in [1.29, 1.82) is 0 Å². The Morgan fingerprint density at radius 3 is 2.41 bits per heavy atom. The molecule has 1 amide bonds. The van der Waals surface area contributed by atoms with E-state index in [1.54, 1.807) is 36.4 Å². The molecule has 0 radical (unpaired) electrons. The number of anilines is 1. The van der Waals surface area contributed by atoms with Crippen LogP contribution in [0.1, 0.15) is 10.4 Å². The summed E-state index contributed by atoms with van der Waals surface area (Å²) in [5, 5.41) is 16.0.